The van der Waals surface area contributed by atoms with Gasteiger partial charge < -0.3 is 11.1 Å². The van der Waals surface area contributed by atoms with Crippen molar-refractivity contribution in [2.75, 3.05) is 11.1 Å². The first kappa shape index (κ1) is 13.9. The highest BCUT2D eigenvalue weighted by Crippen LogP contribution is 2.29. The van der Waals surface area contributed by atoms with Gasteiger partial charge in [-0.15, -0.1) is 11.3 Å². The van der Waals surface area contributed by atoms with Gasteiger partial charge in [0.15, 0.2) is 0 Å². The molecule has 5 heteroatoms. The number of carbonyl (C=O) groups is 1. The molecule has 21 heavy (non-hydrogen) atoms. The van der Waals surface area contributed by atoms with Crippen LogP contribution in [0.1, 0.15) is 15.2 Å². The topological polar surface area (TPSA) is 55.1 Å². The Kier molecular flexibility index (Phi) is 3.57. The van der Waals surface area contributed by atoms with Crippen molar-refractivity contribution < 1.29 is 4.79 Å². The lowest BCUT2D eigenvalue weighted by Gasteiger charge is -2.06. The van der Waals surface area contributed by atoms with Crippen molar-refractivity contribution in [2.24, 2.45) is 0 Å². The number of hydrogen-bond acceptors (Lipinski definition) is 3. The van der Waals surface area contributed by atoms with Crippen LogP contribution in [0.2, 0.25) is 5.02 Å². The number of anilines is 2. The highest BCUT2D eigenvalue weighted by atomic mass is 35.5. The Morgan fingerprint density at radius 1 is 1.19 bits per heavy atom. The van der Waals surface area contributed by atoms with Crippen molar-refractivity contribution in [1.82, 2.24) is 0 Å². The molecule has 0 aliphatic rings. The number of fused-ring (bicyclic) bond motifs is 1. The minimum atomic E-state index is -0.166. The van der Waals surface area contributed by atoms with E-state index in [-0.39, 0.29) is 5.91 Å². The lowest BCUT2D eigenvalue weighted by atomic mass is 10.2. The second kappa shape index (κ2) is 5.39. The Morgan fingerprint density at radius 3 is 2.76 bits per heavy atom. The van der Waals surface area contributed by atoms with Gasteiger partial charge in [0.05, 0.1) is 15.6 Å². The molecule has 3 rings (SSSR count). The standard InChI is InChI=1S/C16H13ClN2OS/c1-9-2-4-13(12(17)6-9)19-16(20)15-8-10-7-11(18)3-5-14(10)21-15/h2-8H,18H2,1H3,(H,19,20). The van der Waals surface area contributed by atoms with Gasteiger partial charge >= 0.3 is 0 Å². The number of nitrogens with one attached hydrogen (secondary N) is 1. The molecule has 1 amide bonds. The molecular weight excluding hydrogens is 304 g/mol. The van der Waals surface area contributed by atoms with Gasteiger partial charge in [-0.05, 0) is 54.3 Å². The molecule has 3 N–H and O–H groups in total. The zero-order chi connectivity index (χ0) is 15.0. The van der Waals surface area contributed by atoms with Gasteiger partial charge in [0, 0.05) is 10.4 Å². The van der Waals surface area contributed by atoms with Gasteiger partial charge in [-0.1, -0.05) is 17.7 Å². The van der Waals surface area contributed by atoms with Crippen LogP contribution < -0.4 is 11.1 Å². The third-order valence-electron chi connectivity index (χ3n) is 3.14. The SMILES string of the molecule is Cc1ccc(NC(=O)c2cc3cc(N)ccc3s2)c(Cl)c1. The van der Waals surface area contributed by atoms with Crippen LogP contribution in [0, 0.1) is 6.92 Å². The van der Waals surface area contributed by atoms with E-state index >= 15 is 0 Å². The molecule has 0 atom stereocenters. The van der Waals surface area contributed by atoms with Gasteiger partial charge in [0.1, 0.15) is 0 Å². The summed E-state index contributed by atoms with van der Waals surface area (Å²) in [5.41, 5.74) is 8.11. The molecule has 0 unspecified atom stereocenters. The van der Waals surface area contributed by atoms with E-state index in [0.717, 1.165) is 15.6 Å². The summed E-state index contributed by atoms with van der Waals surface area (Å²) in [4.78, 5) is 12.9. The van der Waals surface area contributed by atoms with E-state index in [1.54, 1.807) is 6.07 Å². The number of carbonyl (C=O) groups excluding carboxylic acids is 1. The van der Waals surface area contributed by atoms with E-state index in [1.165, 1.54) is 11.3 Å². The van der Waals surface area contributed by atoms with E-state index in [1.807, 2.05) is 43.3 Å². The van der Waals surface area contributed by atoms with Gasteiger partial charge in [0.2, 0.25) is 0 Å². The Morgan fingerprint density at radius 2 is 2.00 bits per heavy atom. The lowest BCUT2D eigenvalue weighted by Crippen LogP contribution is -2.10. The van der Waals surface area contributed by atoms with Gasteiger partial charge in [-0.25, -0.2) is 0 Å². The van der Waals surface area contributed by atoms with Gasteiger partial charge in [-0.3, -0.25) is 4.79 Å². The van der Waals surface area contributed by atoms with Crippen LogP contribution >= 0.6 is 22.9 Å². The van der Waals surface area contributed by atoms with Crippen molar-refractivity contribution in [3.8, 4) is 0 Å². The van der Waals surface area contributed by atoms with Crippen LogP contribution in [0.4, 0.5) is 11.4 Å². The second-order valence-corrected chi connectivity index (χ2v) is 6.34. The number of halogens is 1. The molecule has 0 spiro atoms. The molecule has 0 bridgehead atoms. The fourth-order valence-electron chi connectivity index (χ4n) is 2.08. The highest BCUT2D eigenvalue weighted by molar-refractivity contribution is 7.20. The summed E-state index contributed by atoms with van der Waals surface area (Å²) in [7, 11) is 0. The summed E-state index contributed by atoms with van der Waals surface area (Å²) in [6, 6.07) is 13.0. The van der Waals surface area contributed by atoms with E-state index in [2.05, 4.69) is 5.32 Å². The monoisotopic (exact) mass is 316 g/mol. The van der Waals surface area contributed by atoms with E-state index < -0.39 is 0 Å². The lowest BCUT2D eigenvalue weighted by molar-refractivity contribution is 0.103. The number of nitrogen functional groups attached to an aromatic ring is 1. The third-order valence-corrected chi connectivity index (χ3v) is 4.56. The van der Waals surface area contributed by atoms with Crippen molar-refractivity contribution in [1.29, 1.82) is 0 Å². The molecule has 1 heterocycles. The van der Waals surface area contributed by atoms with Crippen molar-refractivity contribution in [2.45, 2.75) is 6.92 Å². The van der Waals surface area contributed by atoms with E-state index in [4.69, 9.17) is 17.3 Å². The summed E-state index contributed by atoms with van der Waals surface area (Å²) < 4.78 is 1.03. The Balaban J connectivity index is 1.89. The van der Waals surface area contributed by atoms with Crippen molar-refractivity contribution in [3.05, 3.63) is 57.9 Å². The smallest absolute Gasteiger partial charge is 0.265 e. The molecule has 0 aliphatic heterocycles. The summed E-state index contributed by atoms with van der Waals surface area (Å²) in [5, 5.41) is 4.35. The van der Waals surface area contributed by atoms with Crippen molar-refractivity contribution in [3.63, 3.8) is 0 Å². The van der Waals surface area contributed by atoms with Crippen LogP contribution in [0.5, 0.6) is 0 Å². The normalized spacial score (nSPS) is 10.8. The first-order valence-corrected chi connectivity index (χ1v) is 7.59. The van der Waals surface area contributed by atoms with Gasteiger partial charge in [-0.2, -0.15) is 0 Å². The fraction of sp³-hybridized carbons (Fsp3) is 0.0625. The second-order valence-electron chi connectivity index (χ2n) is 4.85. The molecule has 0 fully saturated rings. The molecule has 3 aromatic rings. The molecule has 0 aliphatic carbocycles. The summed E-state index contributed by atoms with van der Waals surface area (Å²) >= 11 is 7.56. The Bertz CT molecular complexity index is 841. The maximum absolute atomic E-state index is 12.3. The number of hydrogen-bond donors (Lipinski definition) is 2. The summed E-state index contributed by atoms with van der Waals surface area (Å²) in [6.45, 7) is 1.95. The van der Waals surface area contributed by atoms with Crippen LogP contribution in [0.15, 0.2) is 42.5 Å². The van der Waals surface area contributed by atoms with Gasteiger partial charge in [0.25, 0.3) is 5.91 Å². The minimum absolute atomic E-state index is 0.166. The predicted octanol–water partition coefficient (Wildman–Crippen LogP) is 4.70. The number of benzene rings is 2. The number of amides is 1. The van der Waals surface area contributed by atoms with Crippen LogP contribution in [-0.4, -0.2) is 5.91 Å². The fourth-order valence-corrected chi connectivity index (χ4v) is 3.30. The minimum Gasteiger partial charge on any atom is -0.399 e. The summed E-state index contributed by atoms with van der Waals surface area (Å²) in [6.07, 6.45) is 0. The molecule has 2 aromatic carbocycles. The van der Waals surface area contributed by atoms with E-state index in [9.17, 15) is 4.79 Å². The molecule has 0 radical (unpaired) electrons. The predicted molar refractivity (Wildman–Crippen MR) is 90.4 cm³/mol. The van der Waals surface area contributed by atoms with E-state index in [0.29, 0.717) is 21.3 Å². The number of thiophene rings is 1. The zero-order valence-electron chi connectivity index (χ0n) is 11.3. The largest absolute Gasteiger partial charge is 0.399 e. The average Bonchev–Trinajstić information content (AvgIpc) is 2.85. The molecule has 0 saturated heterocycles. The number of aryl methyl sites for hydroxylation is 1. The number of rotatable bonds is 2. The quantitative estimate of drug-likeness (QED) is 0.673. The summed E-state index contributed by atoms with van der Waals surface area (Å²) in [5.74, 6) is -0.166. The molecule has 106 valence electrons. The number of nitrogens with two attached hydrogens (primary N) is 1. The third kappa shape index (κ3) is 2.86. The Labute approximate surface area is 131 Å². The molecule has 1 aromatic heterocycles. The average molecular weight is 317 g/mol. The van der Waals surface area contributed by atoms with Crippen LogP contribution in [0.3, 0.4) is 0 Å². The molecular formula is C16H13ClN2OS. The zero-order valence-corrected chi connectivity index (χ0v) is 12.9. The molecule has 0 saturated carbocycles. The Hall–Kier alpha value is -2.04. The maximum Gasteiger partial charge on any atom is 0.265 e. The van der Waals surface area contributed by atoms with Crippen LogP contribution in [0.25, 0.3) is 10.1 Å². The first-order chi connectivity index (χ1) is 10.0. The highest BCUT2D eigenvalue weighted by Gasteiger charge is 2.12. The van der Waals surface area contributed by atoms with Crippen molar-refractivity contribution >= 4 is 50.3 Å². The molecule has 3 nitrogen and oxygen atoms in total. The maximum atomic E-state index is 12.3. The van der Waals surface area contributed by atoms with Crippen LogP contribution in [-0.2, 0) is 0 Å². The first-order valence-electron chi connectivity index (χ1n) is 6.39.